The number of benzene rings is 1. The molecule has 1 unspecified atom stereocenters. The van der Waals surface area contributed by atoms with Crippen molar-refractivity contribution in [2.24, 2.45) is 0 Å². The topological polar surface area (TPSA) is 17.1 Å². The van der Waals surface area contributed by atoms with Crippen LogP contribution in [0.2, 0.25) is 0 Å². The van der Waals surface area contributed by atoms with Gasteiger partial charge in [-0.25, -0.2) is 0 Å². The SMILES string of the molecule is O=C(c1ccccc1)c1ccsc1[AsH2]. The van der Waals surface area contributed by atoms with Gasteiger partial charge in [0, 0.05) is 0 Å². The second-order valence-electron chi connectivity index (χ2n) is 2.89. The van der Waals surface area contributed by atoms with E-state index in [4.69, 9.17) is 0 Å². The number of ketones is 1. The molecule has 0 aliphatic rings. The zero-order valence-corrected chi connectivity index (χ0v) is 10.7. The van der Waals surface area contributed by atoms with Gasteiger partial charge in [0.2, 0.25) is 0 Å². The first kappa shape index (κ1) is 9.69. The van der Waals surface area contributed by atoms with Crippen molar-refractivity contribution in [1.82, 2.24) is 0 Å². The molecule has 0 amide bonds. The van der Waals surface area contributed by atoms with E-state index in [-0.39, 0.29) is 5.78 Å². The van der Waals surface area contributed by atoms with Crippen LogP contribution >= 0.6 is 11.3 Å². The molecule has 70 valence electrons. The molecule has 2 aromatic rings. The van der Waals surface area contributed by atoms with Crippen LogP contribution in [-0.4, -0.2) is 22.6 Å². The van der Waals surface area contributed by atoms with Gasteiger partial charge in [0.15, 0.2) is 0 Å². The molecular weight excluding hydrogens is 255 g/mol. The minimum atomic E-state index is 0.131. The van der Waals surface area contributed by atoms with Gasteiger partial charge in [0.25, 0.3) is 0 Å². The predicted octanol–water partition coefficient (Wildman–Crippen LogP) is 1.24. The van der Waals surface area contributed by atoms with E-state index < -0.39 is 0 Å². The van der Waals surface area contributed by atoms with Gasteiger partial charge < -0.3 is 0 Å². The maximum atomic E-state index is 11.9. The second-order valence-corrected chi connectivity index (χ2v) is 5.93. The van der Waals surface area contributed by atoms with Crippen LogP contribution in [0.15, 0.2) is 41.8 Å². The third kappa shape index (κ3) is 1.82. The van der Waals surface area contributed by atoms with Gasteiger partial charge in [-0.3, -0.25) is 0 Å². The standard InChI is InChI=1S/C11H9AsOS/c12-11-9(6-7-14-11)10(13)8-4-2-1-3-5-8/h1-7H,12H2. The first-order valence-corrected chi connectivity index (χ1v) is 6.31. The van der Waals surface area contributed by atoms with Crippen LogP contribution in [0.5, 0.6) is 0 Å². The van der Waals surface area contributed by atoms with Gasteiger partial charge in [-0.2, -0.15) is 0 Å². The zero-order chi connectivity index (χ0) is 9.97. The second kappa shape index (κ2) is 4.12. The summed E-state index contributed by atoms with van der Waals surface area (Å²) < 4.78 is 1.14. The third-order valence-corrected chi connectivity index (χ3v) is 4.23. The molecule has 1 heterocycles. The van der Waals surface area contributed by atoms with Gasteiger partial charge >= 0.3 is 95.3 Å². The molecule has 0 radical (unpaired) electrons. The molecule has 0 aliphatic carbocycles. The number of thiophene rings is 1. The van der Waals surface area contributed by atoms with Crippen LogP contribution in [0.1, 0.15) is 15.9 Å². The molecule has 0 spiro atoms. The van der Waals surface area contributed by atoms with Crippen LogP contribution in [0.4, 0.5) is 0 Å². The Labute approximate surface area is 95.3 Å². The van der Waals surface area contributed by atoms with Crippen molar-refractivity contribution in [3.05, 3.63) is 52.9 Å². The number of hydrogen-bond acceptors (Lipinski definition) is 2. The molecule has 2 rings (SSSR count). The van der Waals surface area contributed by atoms with Crippen molar-refractivity contribution >= 4 is 37.6 Å². The molecule has 0 aliphatic heterocycles. The third-order valence-electron chi connectivity index (χ3n) is 1.98. The molecule has 1 atom stereocenters. The molecule has 14 heavy (non-hydrogen) atoms. The fraction of sp³-hybridized carbons (Fsp3) is 0. The first-order valence-electron chi connectivity index (χ1n) is 4.22. The average Bonchev–Trinajstić information content (AvgIpc) is 2.65. The zero-order valence-electron chi connectivity index (χ0n) is 7.44. The van der Waals surface area contributed by atoms with E-state index in [0.29, 0.717) is 0 Å². The molecule has 0 N–H and O–H groups in total. The summed E-state index contributed by atoms with van der Waals surface area (Å²) in [7, 11) is 0. The van der Waals surface area contributed by atoms with E-state index in [2.05, 4.69) is 0 Å². The van der Waals surface area contributed by atoms with Crippen molar-refractivity contribution in [1.29, 1.82) is 0 Å². The monoisotopic (exact) mass is 264 g/mol. The number of rotatable bonds is 2. The summed E-state index contributed by atoms with van der Waals surface area (Å²) >= 11 is 3.14. The van der Waals surface area contributed by atoms with Crippen LogP contribution < -0.4 is 3.66 Å². The summed E-state index contributed by atoms with van der Waals surface area (Å²) in [4.78, 5) is 11.9. The fourth-order valence-electron chi connectivity index (χ4n) is 1.25. The Bertz CT molecular complexity index is 447. The summed E-state index contributed by atoms with van der Waals surface area (Å²) in [6.07, 6.45) is 0. The van der Waals surface area contributed by atoms with Gasteiger partial charge in [-0.15, -0.1) is 0 Å². The molecule has 3 heteroatoms. The predicted molar refractivity (Wildman–Crippen MR) is 62.4 cm³/mol. The summed E-state index contributed by atoms with van der Waals surface area (Å²) in [5, 5.41) is 1.97. The van der Waals surface area contributed by atoms with Crippen molar-refractivity contribution in [2.75, 3.05) is 0 Å². The van der Waals surface area contributed by atoms with Gasteiger partial charge in [-0.05, 0) is 0 Å². The number of carbonyl (C=O) groups is 1. The van der Waals surface area contributed by atoms with E-state index in [1.807, 2.05) is 41.8 Å². The molecule has 0 fully saturated rings. The Morgan fingerprint density at radius 2 is 1.86 bits per heavy atom. The van der Waals surface area contributed by atoms with Crippen molar-refractivity contribution in [2.45, 2.75) is 0 Å². The molecule has 0 saturated carbocycles. The van der Waals surface area contributed by atoms with Crippen LogP contribution in [0.25, 0.3) is 0 Å². The van der Waals surface area contributed by atoms with Crippen molar-refractivity contribution in [3.8, 4) is 0 Å². The average molecular weight is 264 g/mol. The van der Waals surface area contributed by atoms with Crippen molar-refractivity contribution < 1.29 is 4.79 Å². The van der Waals surface area contributed by atoms with E-state index >= 15 is 0 Å². The van der Waals surface area contributed by atoms with E-state index in [9.17, 15) is 4.79 Å². The maximum absolute atomic E-state index is 11.9. The van der Waals surface area contributed by atoms with Crippen molar-refractivity contribution in [3.63, 3.8) is 0 Å². The Hall–Kier alpha value is -0.852. The van der Waals surface area contributed by atoms with E-state index in [1.54, 1.807) is 11.3 Å². The summed E-state index contributed by atoms with van der Waals surface area (Å²) in [5.41, 5.74) is 1.62. The quantitative estimate of drug-likeness (QED) is 0.589. The molecule has 1 nitrogen and oxygen atoms in total. The summed E-state index contributed by atoms with van der Waals surface area (Å²) in [6.45, 7) is 0. The summed E-state index contributed by atoms with van der Waals surface area (Å²) in [6, 6.07) is 11.3. The Morgan fingerprint density at radius 1 is 1.14 bits per heavy atom. The van der Waals surface area contributed by atoms with Gasteiger partial charge in [0.05, 0.1) is 0 Å². The molecule has 0 bridgehead atoms. The number of hydrogen-bond donors (Lipinski definition) is 0. The molecule has 1 aromatic heterocycles. The van der Waals surface area contributed by atoms with Gasteiger partial charge in [0.1, 0.15) is 0 Å². The summed E-state index contributed by atoms with van der Waals surface area (Å²) in [5.74, 6) is 0.131. The Morgan fingerprint density at radius 3 is 2.43 bits per heavy atom. The van der Waals surface area contributed by atoms with Crippen LogP contribution in [-0.2, 0) is 0 Å². The first-order chi connectivity index (χ1) is 6.79. The molecule has 0 saturated heterocycles. The van der Waals surface area contributed by atoms with E-state index in [0.717, 1.165) is 14.8 Å². The molecular formula is C11H9AsOS. The Kier molecular flexibility index (Phi) is 2.85. The van der Waals surface area contributed by atoms with Gasteiger partial charge in [-0.1, -0.05) is 0 Å². The number of carbonyl (C=O) groups excluding carboxylic acids is 1. The minimum absolute atomic E-state index is 0.131. The Balaban J connectivity index is 2.39. The molecule has 1 aromatic carbocycles. The van der Waals surface area contributed by atoms with Crippen LogP contribution in [0, 0.1) is 0 Å². The van der Waals surface area contributed by atoms with Crippen LogP contribution in [0.3, 0.4) is 0 Å². The van der Waals surface area contributed by atoms with E-state index in [1.165, 1.54) is 16.9 Å². The fourth-order valence-corrected chi connectivity index (χ4v) is 2.86. The normalized spacial score (nSPS) is 10.1.